The van der Waals surface area contributed by atoms with Gasteiger partial charge < -0.3 is 4.98 Å². The third-order valence-corrected chi connectivity index (χ3v) is 2.49. The first-order valence-electron chi connectivity index (χ1n) is 4.53. The first kappa shape index (κ1) is 7.59. The van der Waals surface area contributed by atoms with Crippen molar-refractivity contribution in [2.75, 3.05) is 0 Å². The van der Waals surface area contributed by atoms with Gasteiger partial charge >= 0.3 is 0 Å². The summed E-state index contributed by atoms with van der Waals surface area (Å²) < 4.78 is 0. The highest BCUT2D eigenvalue weighted by molar-refractivity contribution is 5.78. The summed E-state index contributed by atoms with van der Waals surface area (Å²) in [5.41, 5.74) is 2.67. The van der Waals surface area contributed by atoms with Gasteiger partial charge in [-0.25, -0.2) is 0 Å². The number of aromatic amines is 1. The van der Waals surface area contributed by atoms with Crippen LogP contribution in [0.15, 0.2) is 12.3 Å². The van der Waals surface area contributed by atoms with Gasteiger partial charge in [-0.2, -0.15) is 0 Å². The average molecular weight is 163 g/mol. The van der Waals surface area contributed by atoms with Gasteiger partial charge in [-0.3, -0.25) is 4.79 Å². The van der Waals surface area contributed by atoms with Crippen molar-refractivity contribution in [2.24, 2.45) is 0 Å². The van der Waals surface area contributed by atoms with E-state index in [-0.39, 0.29) is 0 Å². The quantitative estimate of drug-likeness (QED) is 0.622. The van der Waals surface area contributed by atoms with Crippen molar-refractivity contribution in [3.05, 3.63) is 23.5 Å². The molecule has 0 unspecified atom stereocenters. The molecule has 1 N–H and O–H groups in total. The van der Waals surface area contributed by atoms with Crippen molar-refractivity contribution in [3.8, 4) is 0 Å². The zero-order valence-electron chi connectivity index (χ0n) is 7.10. The summed E-state index contributed by atoms with van der Waals surface area (Å²) in [6.07, 6.45) is 6.43. The second kappa shape index (κ2) is 3.13. The average Bonchev–Trinajstić information content (AvgIpc) is 2.45. The summed E-state index contributed by atoms with van der Waals surface area (Å²) in [4.78, 5) is 14.4. The molecule has 2 heteroatoms. The standard InChI is InChI=1S/C10H13NO/c12-9-2-1-3-10-8(4-5-9)6-7-11-10/h6-7,11H,1-5H2. The Morgan fingerprint density at radius 2 is 2.08 bits per heavy atom. The first-order valence-corrected chi connectivity index (χ1v) is 4.53. The maximum Gasteiger partial charge on any atom is 0.133 e. The van der Waals surface area contributed by atoms with Gasteiger partial charge in [0.1, 0.15) is 5.78 Å². The Morgan fingerprint density at radius 1 is 1.17 bits per heavy atom. The van der Waals surface area contributed by atoms with Gasteiger partial charge in [-0.1, -0.05) is 0 Å². The van der Waals surface area contributed by atoms with E-state index in [9.17, 15) is 4.79 Å². The molecule has 2 nitrogen and oxygen atoms in total. The van der Waals surface area contributed by atoms with E-state index in [4.69, 9.17) is 0 Å². The molecule has 0 amide bonds. The molecule has 2 rings (SSSR count). The number of aromatic nitrogens is 1. The Balaban J connectivity index is 2.19. The maximum absolute atomic E-state index is 11.2. The van der Waals surface area contributed by atoms with E-state index in [0.29, 0.717) is 5.78 Å². The molecule has 0 radical (unpaired) electrons. The van der Waals surface area contributed by atoms with Crippen molar-refractivity contribution in [1.82, 2.24) is 4.98 Å². The number of carbonyl (C=O) groups is 1. The lowest BCUT2D eigenvalue weighted by Gasteiger charge is -2.07. The number of ketones is 1. The van der Waals surface area contributed by atoms with Crippen LogP contribution in [-0.2, 0) is 17.6 Å². The van der Waals surface area contributed by atoms with E-state index in [2.05, 4.69) is 11.1 Å². The van der Waals surface area contributed by atoms with Crippen molar-refractivity contribution in [2.45, 2.75) is 32.1 Å². The summed E-state index contributed by atoms with van der Waals surface area (Å²) in [5, 5.41) is 0. The number of H-pyrrole nitrogens is 1. The van der Waals surface area contributed by atoms with Gasteiger partial charge in [-0.05, 0) is 30.9 Å². The van der Waals surface area contributed by atoms with Crippen LogP contribution in [-0.4, -0.2) is 10.8 Å². The molecule has 1 aromatic heterocycles. The Labute approximate surface area is 72.0 Å². The summed E-state index contributed by atoms with van der Waals surface area (Å²) in [6, 6.07) is 2.09. The summed E-state index contributed by atoms with van der Waals surface area (Å²) in [7, 11) is 0. The van der Waals surface area contributed by atoms with Crippen LogP contribution in [0.4, 0.5) is 0 Å². The van der Waals surface area contributed by atoms with Crippen LogP contribution in [0.25, 0.3) is 0 Å². The SMILES string of the molecule is O=C1CCCc2[nH]ccc2CC1. The molecule has 0 atom stereocenters. The largest absolute Gasteiger partial charge is 0.365 e. The van der Waals surface area contributed by atoms with Gasteiger partial charge in [-0.15, -0.1) is 0 Å². The lowest BCUT2D eigenvalue weighted by atomic mass is 9.98. The maximum atomic E-state index is 11.2. The molecule has 1 aromatic rings. The molecule has 0 aromatic carbocycles. The lowest BCUT2D eigenvalue weighted by Crippen LogP contribution is -2.06. The van der Waals surface area contributed by atoms with E-state index in [1.54, 1.807) is 0 Å². The molecule has 0 bridgehead atoms. The fraction of sp³-hybridized carbons (Fsp3) is 0.500. The number of aryl methyl sites for hydroxylation is 2. The minimum atomic E-state index is 0.418. The fourth-order valence-corrected chi connectivity index (χ4v) is 1.76. The number of hydrogen-bond acceptors (Lipinski definition) is 1. The highest BCUT2D eigenvalue weighted by Crippen LogP contribution is 2.16. The molecular formula is C10H13NO. The van der Waals surface area contributed by atoms with Crippen molar-refractivity contribution >= 4 is 5.78 Å². The highest BCUT2D eigenvalue weighted by atomic mass is 16.1. The molecule has 64 valence electrons. The van der Waals surface area contributed by atoms with E-state index in [1.165, 1.54) is 11.3 Å². The molecule has 12 heavy (non-hydrogen) atoms. The van der Waals surface area contributed by atoms with Crippen LogP contribution in [0, 0.1) is 0 Å². The molecule has 0 saturated heterocycles. The van der Waals surface area contributed by atoms with Gasteiger partial charge in [0, 0.05) is 24.7 Å². The number of hydrogen-bond donors (Lipinski definition) is 1. The van der Waals surface area contributed by atoms with Crippen molar-refractivity contribution in [3.63, 3.8) is 0 Å². The fourth-order valence-electron chi connectivity index (χ4n) is 1.76. The van der Waals surface area contributed by atoms with Crippen LogP contribution in [0.5, 0.6) is 0 Å². The normalized spacial score (nSPS) is 18.2. The van der Waals surface area contributed by atoms with Gasteiger partial charge in [0.05, 0.1) is 0 Å². The number of rotatable bonds is 0. The van der Waals surface area contributed by atoms with Crippen molar-refractivity contribution < 1.29 is 4.79 Å². The first-order chi connectivity index (χ1) is 5.86. The minimum absolute atomic E-state index is 0.418. The Bertz CT molecular complexity index is 288. The van der Waals surface area contributed by atoms with Crippen LogP contribution in [0.3, 0.4) is 0 Å². The topological polar surface area (TPSA) is 32.9 Å². The van der Waals surface area contributed by atoms with E-state index in [1.807, 2.05) is 6.20 Å². The van der Waals surface area contributed by atoms with E-state index < -0.39 is 0 Å². The minimum Gasteiger partial charge on any atom is -0.365 e. The van der Waals surface area contributed by atoms with Crippen LogP contribution in [0.2, 0.25) is 0 Å². The number of Topliss-reactive ketones (excluding diaryl/α,β-unsaturated/α-hetero) is 1. The predicted octanol–water partition coefficient (Wildman–Crippen LogP) is 1.85. The number of nitrogens with one attached hydrogen (secondary N) is 1. The van der Waals surface area contributed by atoms with Crippen LogP contribution >= 0.6 is 0 Å². The zero-order valence-corrected chi connectivity index (χ0v) is 7.10. The number of fused-ring (bicyclic) bond motifs is 1. The molecule has 0 spiro atoms. The Morgan fingerprint density at radius 3 is 3.00 bits per heavy atom. The molecular weight excluding hydrogens is 150 g/mol. The van der Waals surface area contributed by atoms with Crippen molar-refractivity contribution in [1.29, 1.82) is 0 Å². The van der Waals surface area contributed by atoms with E-state index >= 15 is 0 Å². The predicted molar refractivity (Wildman–Crippen MR) is 47.1 cm³/mol. The monoisotopic (exact) mass is 163 g/mol. The molecule has 0 aliphatic heterocycles. The Hall–Kier alpha value is -1.05. The van der Waals surface area contributed by atoms with E-state index in [0.717, 1.165) is 32.1 Å². The summed E-state index contributed by atoms with van der Waals surface area (Å²) in [6.45, 7) is 0. The molecule has 1 aliphatic rings. The van der Waals surface area contributed by atoms with Crippen LogP contribution < -0.4 is 0 Å². The summed E-state index contributed by atoms with van der Waals surface area (Å²) >= 11 is 0. The molecule has 0 saturated carbocycles. The summed E-state index contributed by atoms with van der Waals surface area (Å²) in [5.74, 6) is 0.418. The highest BCUT2D eigenvalue weighted by Gasteiger charge is 2.11. The Kier molecular flexibility index (Phi) is 1.98. The van der Waals surface area contributed by atoms with Gasteiger partial charge in [0.2, 0.25) is 0 Å². The van der Waals surface area contributed by atoms with Gasteiger partial charge in [0.25, 0.3) is 0 Å². The van der Waals surface area contributed by atoms with Gasteiger partial charge in [0.15, 0.2) is 0 Å². The zero-order chi connectivity index (χ0) is 8.39. The third kappa shape index (κ3) is 1.42. The molecule has 0 fully saturated rings. The third-order valence-electron chi connectivity index (χ3n) is 2.49. The lowest BCUT2D eigenvalue weighted by molar-refractivity contribution is -0.119. The smallest absolute Gasteiger partial charge is 0.133 e. The number of carbonyl (C=O) groups excluding carboxylic acids is 1. The second-order valence-corrected chi connectivity index (χ2v) is 3.37. The molecule has 1 heterocycles. The molecule has 1 aliphatic carbocycles. The second-order valence-electron chi connectivity index (χ2n) is 3.37. The van der Waals surface area contributed by atoms with Crippen LogP contribution in [0.1, 0.15) is 30.5 Å².